The second-order valence-electron chi connectivity index (χ2n) is 8.74. The summed E-state index contributed by atoms with van der Waals surface area (Å²) in [6.07, 6.45) is 0.780. The number of nitrogens with zero attached hydrogens (tertiary/aromatic N) is 2. The number of nitriles is 1. The van der Waals surface area contributed by atoms with Gasteiger partial charge < -0.3 is 14.6 Å². The van der Waals surface area contributed by atoms with E-state index in [1.165, 1.54) is 0 Å². The van der Waals surface area contributed by atoms with Gasteiger partial charge in [-0.25, -0.2) is 0 Å². The van der Waals surface area contributed by atoms with Crippen molar-refractivity contribution >= 4 is 17.2 Å². The predicted octanol–water partition coefficient (Wildman–Crippen LogP) is 5.10. The zero-order valence-corrected chi connectivity index (χ0v) is 18.5. The lowest BCUT2D eigenvalue weighted by Crippen LogP contribution is -2.33. The van der Waals surface area contributed by atoms with Crippen molar-refractivity contribution in [1.29, 1.82) is 5.26 Å². The predicted molar refractivity (Wildman–Crippen MR) is 120 cm³/mol. The topological polar surface area (TPSA) is 67.0 Å². The molecule has 0 aliphatic carbocycles. The Balaban J connectivity index is 1.88. The summed E-state index contributed by atoms with van der Waals surface area (Å²) in [5, 5.41) is 14.7. The maximum Gasteiger partial charge on any atom is 0.267 e. The van der Waals surface area contributed by atoms with E-state index in [1.54, 1.807) is 18.4 Å². The van der Waals surface area contributed by atoms with E-state index in [4.69, 9.17) is 4.74 Å². The van der Waals surface area contributed by atoms with Crippen LogP contribution in [0, 0.1) is 16.7 Å². The molecule has 154 valence electrons. The van der Waals surface area contributed by atoms with E-state index < -0.39 is 0 Å². The Bertz CT molecular complexity index is 1140. The molecular formula is C24H25N3O2S. The van der Waals surface area contributed by atoms with Crippen LogP contribution in [0.2, 0.25) is 0 Å². The number of carbonyl (C=O) groups is 1. The van der Waals surface area contributed by atoms with Crippen LogP contribution < -0.4 is 10.1 Å². The van der Waals surface area contributed by atoms with E-state index in [1.807, 2.05) is 29.6 Å². The van der Waals surface area contributed by atoms with E-state index in [0.717, 1.165) is 33.7 Å². The molecule has 1 aliphatic heterocycles. The Hall–Kier alpha value is -3.04. The van der Waals surface area contributed by atoms with Crippen LogP contribution in [0.5, 0.6) is 5.75 Å². The first-order chi connectivity index (χ1) is 14.3. The van der Waals surface area contributed by atoms with Crippen LogP contribution in [0.1, 0.15) is 42.4 Å². The molecule has 5 nitrogen and oxygen atoms in total. The smallest absolute Gasteiger partial charge is 0.267 e. The summed E-state index contributed by atoms with van der Waals surface area (Å²) >= 11 is 1.65. The van der Waals surface area contributed by atoms with Crippen molar-refractivity contribution in [3.8, 4) is 33.5 Å². The Kier molecular flexibility index (Phi) is 5.17. The van der Waals surface area contributed by atoms with E-state index in [0.29, 0.717) is 30.1 Å². The summed E-state index contributed by atoms with van der Waals surface area (Å²) in [6, 6.07) is 12.2. The number of aryl methyl sites for hydroxylation is 1. The highest BCUT2D eigenvalue weighted by Gasteiger charge is 2.28. The minimum absolute atomic E-state index is 0.00835. The number of nitrogens with one attached hydrogen (secondary N) is 1. The SMILES string of the molecule is COc1cc2c(cc1C#N)-c1c(-c3cccs3)cc(C(=O)NCC(C)(C)C)n1CC2. The van der Waals surface area contributed by atoms with Crippen molar-refractivity contribution in [2.24, 2.45) is 5.41 Å². The molecule has 0 radical (unpaired) electrons. The fraction of sp³-hybridized carbons (Fsp3) is 0.333. The van der Waals surface area contributed by atoms with Gasteiger partial charge in [0.1, 0.15) is 17.5 Å². The molecule has 1 aromatic carbocycles. The lowest BCUT2D eigenvalue weighted by molar-refractivity contribution is 0.0930. The van der Waals surface area contributed by atoms with Crippen LogP contribution >= 0.6 is 11.3 Å². The molecule has 0 bridgehead atoms. The molecule has 0 saturated heterocycles. The number of aromatic nitrogens is 1. The number of methoxy groups -OCH3 is 1. The van der Waals surface area contributed by atoms with Crippen molar-refractivity contribution in [3.63, 3.8) is 0 Å². The summed E-state index contributed by atoms with van der Waals surface area (Å²) in [6.45, 7) is 7.62. The van der Waals surface area contributed by atoms with Gasteiger partial charge in [-0.3, -0.25) is 4.79 Å². The molecule has 0 spiro atoms. The number of amides is 1. The van der Waals surface area contributed by atoms with Gasteiger partial charge in [-0.2, -0.15) is 5.26 Å². The normalized spacial score (nSPS) is 12.6. The second-order valence-corrected chi connectivity index (χ2v) is 9.68. The zero-order chi connectivity index (χ0) is 21.5. The van der Waals surface area contributed by atoms with E-state index >= 15 is 0 Å². The molecule has 0 saturated carbocycles. The number of carbonyl (C=O) groups excluding carboxylic acids is 1. The summed E-state index contributed by atoms with van der Waals surface area (Å²) < 4.78 is 7.51. The van der Waals surface area contributed by atoms with Crippen LogP contribution in [0.3, 0.4) is 0 Å². The number of ether oxygens (including phenoxy) is 1. The molecule has 0 unspecified atom stereocenters. The number of rotatable bonds is 4. The van der Waals surface area contributed by atoms with Gasteiger partial charge in [-0.1, -0.05) is 26.8 Å². The Morgan fingerprint density at radius 3 is 2.73 bits per heavy atom. The Labute approximate surface area is 180 Å². The third-order valence-corrected chi connectivity index (χ3v) is 6.20. The Morgan fingerprint density at radius 1 is 1.30 bits per heavy atom. The minimum atomic E-state index is -0.0635. The molecular weight excluding hydrogens is 394 g/mol. The van der Waals surface area contributed by atoms with E-state index in [-0.39, 0.29) is 11.3 Å². The first-order valence-electron chi connectivity index (χ1n) is 9.99. The van der Waals surface area contributed by atoms with Crippen molar-refractivity contribution in [1.82, 2.24) is 9.88 Å². The molecule has 2 aromatic heterocycles. The molecule has 1 amide bonds. The number of benzene rings is 1. The summed E-state index contributed by atoms with van der Waals surface area (Å²) in [5.41, 5.74) is 5.33. The molecule has 4 rings (SSSR count). The van der Waals surface area contributed by atoms with Gasteiger partial charge in [0.25, 0.3) is 5.91 Å². The highest BCUT2D eigenvalue weighted by molar-refractivity contribution is 7.13. The maximum absolute atomic E-state index is 13.1. The Morgan fingerprint density at radius 2 is 2.10 bits per heavy atom. The maximum atomic E-state index is 13.1. The highest BCUT2D eigenvalue weighted by atomic mass is 32.1. The number of hydrogen-bond donors (Lipinski definition) is 1. The number of thiophene rings is 1. The first-order valence-corrected chi connectivity index (χ1v) is 10.9. The largest absolute Gasteiger partial charge is 0.495 e. The molecule has 3 aromatic rings. The van der Waals surface area contributed by atoms with Gasteiger partial charge in [-0.05, 0) is 47.0 Å². The average Bonchev–Trinajstić information content (AvgIpc) is 3.38. The van der Waals surface area contributed by atoms with Gasteiger partial charge in [-0.15, -0.1) is 11.3 Å². The highest BCUT2D eigenvalue weighted by Crippen LogP contribution is 2.43. The standard InChI is InChI=1S/C24H25N3O2S/c1-24(2,3)14-26-23(28)19-12-18(21-6-5-9-30-21)22-17-10-16(13-25)20(29-4)11-15(17)7-8-27(19)22/h5-6,9-12H,7-8,14H2,1-4H3,(H,26,28). The van der Waals surface area contributed by atoms with Crippen molar-refractivity contribution in [2.75, 3.05) is 13.7 Å². The fourth-order valence-electron chi connectivity index (χ4n) is 3.85. The first kappa shape index (κ1) is 20.2. The molecule has 30 heavy (non-hydrogen) atoms. The molecule has 1 N–H and O–H groups in total. The van der Waals surface area contributed by atoms with Gasteiger partial charge in [0.05, 0.1) is 18.4 Å². The van der Waals surface area contributed by atoms with E-state index in [9.17, 15) is 10.1 Å². The van der Waals surface area contributed by atoms with Gasteiger partial charge in [0.2, 0.25) is 0 Å². The summed E-state index contributed by atoms with van der Waals surface area (Å²) in [4.78, 5) is 14.2. The molecule has 3 heterocycles. The van der Waals surface area contributed by atoms with Gasteiger partial charge in [0, 0.05) is 29.1 Å². The number of fused-ring (bicyclic) bond motifs is 3. The molecule has 6 heteroatoms. The second kappa shape index (κ2) is 7.66. The molecule has 0 fully saturated rings. The van der Waals surface area contributed by atoms with Crippen molar-refractivity contribution < 1.29 is 9.53 Å². The molecule has 1 aliphatic rings. The lowest BCUT2D eigenvalue weighted by atomic mass is 9.93. The third kappa shape index (κ3) is 3.61. The number of hydrogen-bond acceptors (Lipinski definition) is 4. The monoisotopic (exact) mass is 419 g/mol. The zero-order valence-electron chi connectivity index (χ0n) is 17.7. The van der Waals surface area contributed by atoms with Crippen LogP contribution in [-0.2, 0) is 13.0 Å². The van der Waals surface area contributed by atoms with Crippen molar-refractivity contribution in [2.45, 2.75) is 33.7 Å². The average molecular weight is 420 g/mol. The lowest BCUT2D eigenvalue weighted by Gasteiger charge is -2.24. The van der Waals surface area contributed by atoms with Gasteiger partial charge in [0.15, 0.2) is 0 Å². The summed E-state index contributed by atoms with van der Waals surface area (Å²) in [7, 11) is 1.59. The van der Waals surface area contributed by atoms with E-state index in [2.05, 4.69) is 42.8 Å². The van der Waals surface area contributed by atoms with Crippen LogP contribution in [0.4, 0.5) is 0 Å². The van der Waals surface area contributed by atoms with Crippen molar-refractivity contribution in [3.05, 3.63) is 52.5 Å². The summed E-state index contributed by atoms with van der Waals surface area (Å²) in [5.74, 6) is 0.531. The van der Waals surface area contributed by atoms with Gasteiger partial charge >= 0.3 is 0 Å². The van der Waals surface area contributed by atoms with Crippen LogP contribution in [-0.4, -0.2) is 24.1 Å². The van der Waals surface area contributed by atoms with Crippen LogP contribution in [0.25, 0.3) is 21.7 Å². The quantitative estimate of drug-likeness (QED) is 0.640. The van der Waals surface area contributed by atoms with Crippen LogP contribution in [0.15, 0.2) is 35.7 Å². The minimum Gasteiger partial charge on any atom is -0.495 e. The molecule has 0 atom stereocenters. The fourth-order valence-corrected chi connectivity index (χ4v) is 4.60. The third-order valence-electron chi connectivity index (χ3n) is 5.30.